The maximum absolute atomic E-state index is 12.5. The van der Waals surface area contributed by atoms with E-state index >= 15 is 0 Å². The van der Waals surface area contributed by atoms with Crippen LogP contribution in [0.3, 0.4) is 0 Å². The van der Waals surface area contributed by atoms with Gasteiger partial charge in [0.05, 0.1) is 26.8 Å². The van der Waals surface area contributed by atoms with Crippen LogP contribution < -0.4 is 11.1 Å². The SMILES string of the molecule is CC(=O)c1cnc2ccc(-c3cc(Cl)c(O)c(Cl)c3)cc2c1N[C@H]1CC[C@H](CN2CCC(N)C2)CC1. The van der Waals surface area contributed by atoms with Gasteiger partial charge in [0, 0.05) is 36.8 Å². The summed E-state index contributed by atoms with van der Waals surface area (Å²) in [5.41, 5.74) is 9.98. The zero-order valence-corrected chi connectivity index (χ0v) is 21.9. The van der Waals surface area contributed by atoms with E-state index in [-0.39, 0.29) is 21.6 Å². The van der Waals surface area contributed by atoms with Crippen molar-refractivity contribution in [2.45, 2.75) is 51.1 Å². The predicted molar refractivity (Wildman–Crippen MR) is 147 cm³/mol. The van der Waals surface area contributed by atoms with Gasteiger partial charge in [-0.25, -0.2) is 0 Å². The molecular weight excluding hydrogens is 495 g/mol. The topological polar surface area (TPSA) is 91.5 Å². The first kappa shape index (κ1) is 25.3. The number of benzene rings is 2. The Labute approximate surface area is 221 Å². The number of nitrogens with one attached hydrogen (secondary N) is 1. The number of phenols is 1. The Kier molecular flexibility index (Phi) is 7.40. The number of nitrogens with two attached hydrogens (primary N) is 1. The number of phenolic OH excluding ortho intramolecular Hbond substituents is 1. The lowest BCUT2D eigenvalue weighted by atomic mass is 9.85. The Hall–Kier alpha value is -2.38. The van der Waals surface area contributed by atoms with Crippen LogP contribution in [0.5, 0.6) is 5.75 Å². The zero-order chi connectivity index (χ0) is 25.4. The highest BCUT2D eigenvalue weighted by molar-refractivity contribution is 6.37. The number of carbonyl (C=O) groups excluding carboxylic acids is 1. The molecule has 6 nitrogen and oxygen atoms in total. The van der Waals surface area contributed by atoms with Gasteiger partial charge in [-0.2, -0.15) is 0 Å². The van der Waals surface area contributed by atoms with E-state index in [0.717, 1.165) is 79.5 Å². The fourth-order valence-electron chi connectivity index (χ4n) is 5.61. The third-order valence-corrected chi connectivity index (χ3v) is 8.19. The highest BCUT2D eigenvalue weighted by Crippen LogP contribution is 2.39. The molecule has 2 fully saturated rings. The molecular formula is C28H32Cl2N4O2. The number of hydrogen-bond donors (Lipinski definition) is 3. The van der Waals surface area contributed by atoms with Crippen LogP contribution >= 0.6 is 23.2 Å². The predicted octanol–water partition coefficient (Wildman–Crippen LogP) is 6.12. The molecule has 1 atom stereocenters. The number of ketones is 1. The number of aromatic nitrogens is 1. The standard InChI is InChI=1S/C28H32Cl2N4O2/c1-16(35)23-13-32-26-7-4-18(19-11-24(29)28(36)25(30)12-19)10-22(26)27(23)33-21-5-2-17(3-6-21)14-34-9-8-20(31)15-34/h4,7,10-13,17,20-21,36H,2-3,5-6,8-9,14-15,31H2,1H3,(H,32,33)/t17-,20?,21-. The number of likely N-dealkylation sites (tertiary alicyclic amines) is 1. The molecule has 1 aliphatic carbocycles. The van der Waals surface area contributed by atoms with E-state index < -0.39 is 0 Å². The van der Waals surface area contributed by atoms with E-state index in [1.54, 1.807) is 25.3 Å². The first-order valence-corrected chi connectivity index (χ1v) is 13.4. The normalized spacial score (nSPS) is 22.7. The summed E-state index contributed by atoms with van der Waals surface area (Å²) in [6.07, 6.45) is 7.23. The van der Waals surface area contributed by atoms with Gasteiger partial charge in [-0.3, -0.25) is 9.78 Å². The molecule has 0 bridgehead atoms. The van der Waals surface area contributed by atoms with E-state index in [0.29, 0.717) is 23.6 Å². The van der Waals surface area contributed by atoms with Gasteiger partial charge in [0.15, 0.2) is 11.5 Å². The highest BCUT2D eigenvalue weighted by Gasteiger charge is 2.27. The minimum atomic E-state index is -0.131. The van der Waals surface area contributed by atoms with Crippen molar-refractivity contribution >= 4 is 45.6 Å². The van der Waals surface area contributed by atoms with Crippen LogP contribution in [0.1, 0.15) is 49.4 Å². The first-order chi connectivity index (χ1) is 17.3. The van der Waals surface area contributed by atoms with Gasteiger partial charge >= 0.3 is 0 Å². The van der Waals surface area contributed by atoms with Gasteiger partial charge in [0.1, 0.15) is 0 Å². The minimum absolute atomic E-state index is 0.0212. The molecule has 1 unspecified atom stereocenters. The van der Waals surface area contributed by atoms with Crippen LogP contribution in [0, 0.1) is 5.92 Å². The molecule has 0 spiro atoms. The molecule has 2 aromatic carbocycles. The third kappa shape index (κ3) is 5.32. The molecule has 2 heterocycles. The van der Waals surface area contributed by atoms with Crippen LogP contribution in [0.4, 0.5) is 5.69 Å². The number of Topliss-reactive ketones (excluding diaryl/α,β-unsaturated/α-hetero) is 1. The van der Waals surface area contributed by atoms with Crippen LogP contribution in [0.2, 0.25) is 10.0 Å². The highest BCUT2D eigenvalue weighted by atomic mass is 35.5. The number of rotatable bonds is 6. The molecule has 5 rings (SSSR count). The number of halogens is 2. The average molecular weight is 527 g/mol. The van der Waals surface area contributed by atoms with Gasteiger partial charge in [-0.05, 0) is 86.9 Å². The molecule has 4 N–H and O–H groups in total. The van der Waals surface area contributed by atoms with E-state index in [9.17, 15) is 9.90 Å². The fraction of sp³-hybridized carbons (Fsp3) is 0.429. The van der Waals surface area contributed by atoms with E-state index in [1.165, 1.54) is 0 Å². The number of hydrogen-bond acceptors (Lipinski definition) is 6. The van der Waals surface area contributed by atoms with Crippen molar-refractivity contribution in [1.82, 2.24) is 9.88 Å². The second-order valence-electron chi connectivity index (χ2n) is 10.3. The number of fused-ring (bicyclic) bond motifs is 1. The summed E-state index contributed by atoms with van der Waals surface area (Å²) in [6.45, 7) is 4.85. The molecule has 0 amide bonds. The summed E-state index contributed by atoms with van der Waals surface area (Å²) in [5.74, 6) is 0.548. The largest absolute Gasteiger partial charge is 0.505 e. The molecule has 1 saturated heterocycles. The van der Waals surface area contributed by atoms with Crippen LogP contribution in [-0.2, 0) is 0 Å². The summed E-state index contributed by atoms with van der Waals surface area (Å²) in [7, 11) is 0. The van der Waals surface area contributed by atoms with Crippen LogP contribution in [0.25, 0.3) is 22.0 Å². The Morgan fingerprint density at radius 3 is 2.47 bits per heavy atom. The molecule has 1 aliphatic heterocycles. The number of aromatic hydroxyl groups is 1. The van der Waals surface area contributed by atoms with Crippen molar-refractivity contribution in [1.29, 1.82) is 0 Å². The van der Waals surface area contributed by atoms with Gasteiger partial charge in [-0.1, -0.05) is 29.3 Å². The first-order valence-electron chi connectivity index (χ1n) is 12.6. The minimum Gasteiger partial charge on any atom is -0.505 e. The molecule has 36 heavy (non-hydrogen) atoms. The Morgan fingerprint density at radius 1 is 1.11 bits per heavy atom. The Morgan fingerprint density at radius 2 is 1.83 bits per heavy atom. The maximum atomic E-state index is 12.5. The molecule has 1 saturated carbocycles. The average Bonchev–Trinajstić information content (AvgIpc) is 3.27. The van der Waals surface area contributed by atoms with Crippen molar-refractivity contribution in [2.75, 3.05) is 25.0 Å². The summed E-state index contributed by atoms with van der Waals surface area (Å²) < 4.78 is 0. The van der Waals surface area contributed by atoms with Gasteiger partial charge in [0.2, 0.25) is 0 Å². The van der Waals surface area contributed by atoms with Crippen LogP contribution in [-0.4, -0.2) is 52.5 Å². The van der Waals surface area contributed by atoms with Crippen molar-refractivity contribution in [3.05, 3.63) is 52.1 Å². The van der Waals surface area contributed by atoms with Crippen molar-refractivity contribution in [3.8, 4) is 16.9 Å². The molecule has 1 aromatic heterocycles. The fourth-order valence-corrected chi connectivity index (χ4v) is 6.10. The summed E-state index contributed by atoms with van der Waals surface area (Å²) in [4.78, 5) is 19.6. The van der Waals surface area contributed by atoms with E-state index in [2.05, 4.69) is 15.2 Å². The number of anilines is 1. The molecule has 2 aliphatic rings. The van der Waals surface area contributed by atoms with Gasteiger partial charge < -0.3 is 21.1 Å². The van der Waals surface area contributed by atoms with Gasteiger partial charge in [0.25, 0.3) is 0 Å². The molecule has 190 valence electrons. The second kappa shape index (κ2) is 10.5. The van der Waals surface area contributed by atoms with Crippen molar-refractivity contribution in [3.63, 3.8) is 0 Å². The maximum Gasteiger partial charge on any atom is 0.163 e. The smallest absolute Gasteiger partial charge is 0.163 e. The lowest BCUT2D eigenvalue weighted by Gasteiger charge is -2.32. The summed E-state index contributed by atoms with van der Waals surface area (Å²) >= 11 is 12.3. The summed E-state index contributed by atoms with van der Waals surface area (Å²) in [6, 6.07) is 9.89. The second-order valence-corrected chi connectivity index (χ2v) is 11.1. The molecule has 8 heteroatoms. The quantitative estimate of drug-likeness (QED) is 0.335. The van der Waals surface area contributed by atoms with E-state index in [4.69, 9.17) is 28.9 Å². The Bertz CT molecular complexity index is 1270. The zero-order valence-electron chi connectivity index (χ0n) is 20.4. The van der Waals surface area contributed by atoms with Crippen molar-refractivity contribution < 1.29 is 9.90 Å². The monoisotopic (exact) mass is 526 g/mol. The number of carbonyl (C=O) groups is 1. The van der Waals surface area contributed by atoms with Crippen molar-refractivity contribution in [2.24, 2.45) is 11.7 Å². The number of pyridine rings is 1. The molecule has 3 aromatic rings. The van der Waals surface area contributed by atoms with E-state index in [1.807, 2.05) is 18.2 Å². The van der Waals surface area contributed by atoms with Crippen LogP contribution in [0.15, 0.2) is 36.5 Å². The summed E-state index contributed by atoms with van der Waals surface area (Å²) in [5, 5.41) is 14.9. The third-order valence-electron chi connectivity index (χ3n) is 7.62. The Balaban J connectivity index is 1.40. The number of nitrogens with zero attached hydrogens (tertiary/aromatic N) is 2. The lowest BCUT2D eigenvalue weighted by molar-refractivity contribution is 0.101. The lowest BCUT2D eigenvalue weighted by Crippen LogP contribution is -2.34. The van der Waals surface area contributed by atoms with Gasteiger partial charge in [-0.15, -0.1) is 0 Å². The molecule has 0 radical (unpaired) electrons.